The van der Waals surface area contributed by atoms with Gasteiger partial charge in [0.15, 0.2) is 0 Å². The Morgan fingerprint density at radius 3 is 1.97 bits per heavy atom. The molecule has 0 bridgehead atoms. The van der Waals surface area contributed by atoms with Gasteiger partial charge >= 0.3 is 0 Å². The van der Waals surface area contributed by atoms with Crippen molar-refractivity contribution >= 4 is 11.4 Å². The molecule has 1 aromatic heterocycles. The van der Waals surface area contributed by atoms with Crippen molar-refractivity contribution in [1.82, 2.24) is 9.78 Å². The summed E-state index contributed by atoms with van der Waals surface area (Å²) in [7, 11) is 1.63. The number of rotatable bonds is 7. The monoisotopic (exact) mass is 475 g/mol. The number of aliphatic imine (C=N–C) groups is 1. The fraction of sp³-hybridized carbons (Fsp3) is 0.0667. The number of aromatic amines is 1. The molecule has 0 amide bonds. The van der Waals surface area contributed by atoms with Crippen molar-refractivity contribution in [2.45, 2.75) is 6.92 Å². The van der Waals surface area contributed by atoms with E-state index in [0.29, 0.717) is 22.7 Å². The van der Waals surface area contributed by atoms with Crippen LogP contribution in [0.15, 0.2) is 119 Å². The SMILES string of the molecule is COc1ccc(-c2[nH]n(-c3ccccc3)c(=O)c2C(C)=Nc2ccc(Oc3ccccc3)cc2)cc1. The average Bonchev–Trinajstić information content (AvgIpc) is 3.28. The predicted molar refractivity (Wildman–Crippen MR) is 143 cm³/mol. The third-order valence-corrected chi connectivity index (χ3v) is 5.76. The van der Waals surface area contributed by atoms with Crippen molar-refractivity contribution in [2.75, 3.05) is 7.11 Å². The molecule has 0 saturated heterocycles. The molecule has 0 fully saturated rings. The first-order valence-electron chi connectivity index (χ1n) is 11.6. The van der Waals surface area contributed by atoms with E-state index in [2.05, 4.69) is 5.10 Å². The van der Waals surface area contributed by atoms with Gasteiger partial charge in [-0.1, -0.05) is 36.4 Å². The minimum Gasteiger partial charge on any atom is -0.497 e. The van der Waals surface area contributed by atoms with Crippen molar-refractivity contribution in [2.24, 2.45) is 4.99 Å². The molecule has 0 saturated carbocycles. The zero-order chi connectivity index (χ0) is 24.9. The second-order valence-corrected chi connectivity index (χ2v) is 8.17. The van der Waals surface area contributed by atoms with Gasteiger partial charge in [0.2, 0.25) is 0 Å². The van der Waals surface area contributed by atoms with Gasteiger partial charge in [0.25, 0.3) is 5.56 Å². The molecule has 0 aliphatic carbocycles. The van der Waals surface area contributed by atoms with E-state index in [9.17, 15) is 4.79 Å². The molecule has 1 heterocycles. The molecule has 6 nitrogen and oxygen atoms in total. The van der Waals surface area contributed by atoms with Crippen molar-refractivity contribution in [1.29, 1.82) is 0 Å². The number of nitrogens with zero attached hydrogens (tertiary/aromatic N) is 2. The van der Waals surface area contributed by atoms with Gasteiger partial charge in [-0.05, 0) is 79.7 Å². The number of methoxy groups -OCH3 is 1. The highest BCUT2D eigenvalue weighted by molar-refractivity contribution is 6.04. The standard InChI is InChI=1S/C30H25N3O3/c1-21(31-23-15-19-27(20-16-23)36-26-11-7-4-8-12-26)28-29(22-13-17-25(35-2)18-14-22)32-33(30(28)34)24-9-5-3-6-10-24/h3-20,32H,1-2H3. The highest BCUT2D eigenvalue weighted by Crippen LogP contribution is 2.27. The van der Waals surface area contributed by atoms with Crippen LogP contribution in [0.2, 0.25) is 0 Å². The van der Waals surface area contributed by atoms with Crippen LogP contribution in [0.4, 0.5) is 5.69 Å². The summed E-state index contributed by atoms with van der Waals surface area (Å²) in [6.45, 7) is 1.85. The lowest BCUT2D eigenvalue weighted by molar-refractivity contribution is 0.415. The Bertz CT molecular complexity index is 1530. The Balaban J connectivity index is 1.53. The maximum atomic E-state index is 13.6. The van der Waals surface area contributed by atoms with E-state index < -0.39 is 0 Å². The third kappa shape index (κ3) is 4.83. The van der Waals surface area contributed by atoms with Gasteiger partial charge in [-0.2, -0.15) is 0 Å². The van der Waals surface area contributed by atoms with Gasteiger partial charge in [-0.3, -0.25) is 14.9 Å². The van der Waals surface area contributed by atoms with Crippen LogP contribution in [-0.2, 0) is 0 Å². The number of H-pyrrole nitrogens is 1. The summed E-state index contributed by atoms with van der Waals surface area (Å²) in [4.78, 5) is 18.4. The molecule has 4 aromatic carbocycles. The molecule has 0 radical (unpaired) electrons. The number of hydrogen-bond acceptors (Lipinski definition) is 4. The summed E-state index contributed by atoms with van der Waals surface area (Å²) in [6.07, 6.45) is 0. The van der Waals surface area contributed by atoms with Crippen molar-refractivity contribution < 1.29 is 9.47 Å². The lowest BCUT2D eigenvalue weighted by Crippen LogP contribution is -2.19. The first kappa shape index (κ1) is 22.9. The first-order valence-corrected chi connectivity index (χ1v) is 11.6. The summed E-state index contributed by atoms with van der Waals surface area (Å²) in [5, 5.41) is 3.29. The molecule has 0 unspecified atom stereocenters. The highest BCUT2D eigenvalue weighted by Gasteiger charge is 2.19. The van der Waals surface area contributed by atoms with Crippen LogP contribution in [0.3, 0.4) is 0 Å². The van der Waals surface area contributed by atoms with Crippen LogP contribution in [0.1, 0.15) is 12.5 Å². The Kier molecular flexibility index (Phi) is 6.49. The molecular formula is C30H25N3O3. The van der Waals surface area contributed by atoms with Gasteiger partial charge in [-0.25, -0.2) is 4.68 Å². The van der Waals surface area contributed by atoms with Crippen LogP contribution in [0, 0.1) is 0 Å². The zero-order valence-corrected chi connectivity index (χ0v) is 20.0. The molecule has 1 N–H and O–H groups in total. The van der Waals surface area contributed by atoms with Crippen LogP contribution < -0.4 is 15.0 Å². The average molecular weight is 476 g/mol. The Morgan fingerprint density at radius 1 is 0.750 bits per heavy atom. The molecule has 6 heteroatoms. The quantitative estimate of drug-likeness (QED) is 0.264. The zero-order valence-electron chi connectivity index (χ0n) is 20.0. The summed E-state index contributed by atoms with van der Waals surface area (Å²) in [5.41, 5.74) is 3.97. The molecule has 0 aliphatic heterocycles. The number of nitrogens with one attached hydrogen (secondary N) is 1. The van der Waals surface area contributed by atoms with Gasteiger partial charge < -0.3 is 9.47 Å². The molecule has 5 aromatic rings. The molecule has 36 heavy (non-hydrogen) atoms. The third-order valence-electron chi connectivity index (χ3n) is 5.76. The van der Waals surface area contributed by atoms with Crippen LogP contribution in [0.25, 0.3) is 16.9 Å². The molecule has 0 aliphatic rings. The molecular weight excluding hydrogens is 450 g/mol. The van der Waals surface area contributed by atoms with Crippen molar-refractivity contribution in [3.05, 3.63) is 125 Å². The first-order chi connectivity index (χ1) is 17.6. The van der Waals surface area contributed by atoms with Crippen molar-refractivity contribution in [3.8, 4) is 34.2 Å². The predicted octanol–water partition coefficient (Wildman–Crippen LogP) is 6.77. The maximum Gasteiger partial charge on any atom is 0.280 e. The van der Waals surface area contributed by atoms with Crippen LogP contribution in [-0.4, -0.2) is 22.6 Å². The molecule has 0 atom stereocenters. The van der Waals surface area contributed by atoms with E-state index in [0.717, 1.165) is 28.4 Å². The smallest absolute Gasteiger partial charge is 0.280 e. The summed E-state index contributed by atoms with van der Waals surface area (Å²) < 4.78 is 12.7. The van der Waals surface area contributed by atoms with Gasteiger partial charge in [0.1, 0.15) is 17.2 Å². The number of benzene rings is 4. The van der Waals surface area contributed by atoms with Crippen molar-refractivity contribution in [3.63, 3.8) is 0 Å². The molecule has 0 spiro atoms. The topological polar surface area (TPSA) is 68.6 Å². The minimum atomic E-state index is -0.169. The van der Waals surface area contributed by atoms with Gasteiger partial charge in [0.05, 0.1) is 35.5 Å². The summed E-state index contributed by atoms with van der Waals surface area (Å²) in [6, 6.07) is 34.2. The van der Waals surface area contributed by atoms with Gasteiger partial charge in [-0.15, -0.1) is 0 Å². The van der Waals surface area contributed by atoms with Crippen LogP contribution in [0.5, 0.6) is 17.2 Å². The van der Waals surface area contributed by atoms with E-state index in [1.807, 2.05) is 116 Å². The van der Waals surface area contributed by atoms with E-state index in [4.69, 9.17) is 14.5 Å². The lowest BCUT2D eigenvalue weighted by Gasteiger charge is -2.06. The largest absolute Gasteiger partial charge is 0.497 e. The fourth-order valence-electron chi connectivity index (χ4n) is 3.96. The van der Waals surface area contributed by atoms with E-state index >= 15 is 0 Å². The number of para-hydroxylation sites is 2. The number of ether oxygens (including phenoxy) is 2. The summed E-state index contributed by atoms with van der Waals surface area (Å²) >= 11 is 0. The highest BCUT2D eigenvalue weighted by atomic mass is 16.5. The normalized spacial score (nSPS) is 11.3. The Labute approximate surface area is 209 Å². The Hall–Kier alpha value is -4.84. The minimum absolute atomic E-state index is 0.169. The number of hydrogen-bond donors (Lipinski definition) is 1. The maximum absolute atomic E-state index is 13.6. The number of aromatic nitrogens is 2. The van der Waals surface area contributed by atoms with Gasteiger partial charge in [0, 0.05) is 5.56 Å². The fourth-order valence-corrected chi connectivity index (χ4v) is 3.96. The lowest BCUT2D eigenvalue weighted by atomic mass is 10.0. The molecule has 178 valence electrons. The van der Waals surface area contributed by atoms with Crippen LogP contribution >= 0.6 is 0 Å². The molecule has 5 rings (SSSR count). The van der Waals surface area contributed by atoms with E-state index in [1.165, 1.54) is 0 Å². The van der Waals surface area contributed by atoms with E-state index in [1.54, 1.807) is 11.8 Å². The Morgan fingerprint density at radius 2 is 1.33 bits per heavy atom. The summed E-state index contributed by atoms with van der Waals surface area (Å²) in [5.74, 6) is 2.22. The second kappa shape index (κ2) is 10.2. The second-order valence-electron chi connectivity index (χ2n) is 8.17. The van der Waals surface area contributed by atoms with E-state index in [-0.39, 0.29) is 5.56 Å².